The maximum atomic E-state index is 13.4. The number of rotatable bonds is 2. The van der Waals surface area contributed by atoms with Gasteiger partial charge in [0.15, 0.2) is 11.5 Å². The highest BCUT2D eigenvalue weighted by Crippen LogP contribution is 2.40. The summed E-state index contributed by atoms with van der Waals surface area (Å²) in [6.45, 7) is 0.897. The summed E-state index contributed by atoms with van der Waals surface area (Å²) < 4.78 is 24.9. The quantitative estimate of drug-likeness (QED) is 0.861. The molecule has 1 aliphatic rings. The Hall–Kier alpha value is -1.30. The van der Waals surface area contributed by atoms with Crippen molar-refractivity contribution in [1.29, 1.82) is 0 Å². The molecular formula is C15H11BrClFO3. The van der Waals surface area contributed by atoms with Crippen LogP contribution in [0, 0.1) is 5.82 Å². The van der Waals surface area contributed by atoms with Gasteiger partial charge < -0.3 is 14.6 Å². The Morgan fingerprint density at radius 2 is 1.76 bits per heavy atom. The monoisotopic (exact) mass is 372 g/mol. The molecule has 1 atom stereocenters. The summed E-state index contributed by atoms with van der Waals surface area (Å²) in [4.78, 5) is 0. The van der Waals surface area contributed by atoms with Crippen LogP contribution in [0.4, 0.5) is 4.39 Å². The van der Waals surface area contributed by atoms with E-state index < -0.39 is 11.9 Å². The van der Waals surface area contributed by atoms with Crippen molar-refractivity contribution >= 4 is 27.5 Å². The number of aliphatic hydroxyl groups is 1. The highest BCUT2D eigenvalue weighted by Gasteiger charge is 2.22. The number of hydrogen-bond acceptors (Lipinski definition) is 3. The van der Waals surface area contributed by atoms with E-state index in [-0.39, 0.29) is 0 Å². The van der Waals surface area contributed by atoms with Gasteiger partial charge in [0.2, 0.25) is 0 Å². The molecule has 0 amide bonds. The average molecular weight is 374 g/mol. The van der Waals surface area contributed by atoms with E-state index in [0.29, 0.717) is 45.3 Å². The Balaban J connectivity index is 2.05. The smallest absolute Gasteiger partial charge is 0.162 e. The highest BCUT2D eigenvalue weighted by atomic mass is 79.9. The van der Waals surface area contributed by atoms with Crippen molar-refractivity contribution in [3.8, 4) is 11.5 Å². The van der Waals surface area contributed by atoms with E-state index >= 15 is 0 Å². The Kier molecular flexibility index (Phi) is 4.06. The van der Waals surface area contributed by atoms with Crippen molar-refractivity contribution < 1.29 is 19.0 Å². The first-order chi connectivity index (χ1) is 10.1. The van der Waals surface area contributed by atoms with E-state index in [1.165, 1.54) is 12.1 Å². The average Bonchev–Trinajstić information content (AvgIpc) is 2.48. The molecule has 21 heavy (non-hydrogen) atoms. The van der Waals surface area contributed by atoms with E-state index in [1.807, 2.05) is 0 Å². The molecule has 0 spiro atoms. The van der Waals surface area contributed by atoms with Gasteiger partial charge in [0.25, 0.3) is 0 Å². The fourth-order valence-electron chi connectivity index (χ4n) is 2.18. The number of halogens is 3. The van der Waals surface area contributed by atoms with E-state index in [4.69, 9.17) is 21.1 Å². The van der Waals surface area contributed by atoms with Crippen molar-refractivity contribution in [3.05, 3.63) is 56.8 Å². The van der Waals surface area contributed by atoms with Crippen LogP contribution >= 0.6 is 27.5 Å². The standard InChI is InChI=1S/C15H11BrClFO3/c16-11-2-1-8(18)5-9(11)15(19)10-6-13-14(7-12(10)17)21-4-3-20-13/h1-2,5-7,15,19H,3-4H2. The summed E-state index contributed by atoms with van der Waals surface area (Å²) in [6, 6.07) is 7.34. The molecule has 2 aromatic rings. The van der Waals surface area contributed by atoms with Crippen LogP contribution < -0.4 is 9.47 Å². The van der Waals surface area contributed by atoms with Gasteiger partial charge in [0, 0.05) is 21.7 Å². The molecule has 0 saturated carbocycles. The van der Waals surface area contributed by atoms with Crippen molar-refractivity contribution in [2.24, 2.45) is 0 Å². The first-order valence-corrected chi connectivity index (χ1v) is 7.45. The minimum atomic E-state index is -1.07. The lowest BCUT2D eigenvalue weighted by atomic mass is 10.0. The van der Waals surface area contributed by atoms with E-state index in [1.54, 1.807) is 18.2 Å². The second kappa shape index (κ2) is 5.83. The molecule has 0 saturated heterocycles. The molecule has 6 heteroatoms. The Morgan fingerprint density at radius 1 is 1.10 bits per heavy atom. The normalized spacial score (nSPS) is 14.9. The molecule has 0 fully saturated rings. The van der Waals surface area contributed by atoms with E-state index in [2.05, 4.69) is 15.9 Å². The van der Waals surface area contributed by atoms with E-state index in [0.717, 1.165) is 0 Å². The summed E-state index contributed by atoms with van der Waals surface area (Å²) in [5.74, 6) is 0.633. The largest absolute Gasteiger partial charge is 0.486 e. The molecule has 0 radical (unpaired) electrons. The Labute approximate surface area is 134 Å². The molecule has 2 aromatic carbocycles. The lowest BCUT2D eigenvalue weighted by Gasteiger charge is -2.22. The first kappa shape index (κ1) is 14.6. The van der Waals surface area contributed by atoms with Crippen LogP contribution in [0.15, 0.2) is 34.8 Å². The molecule has 1 unspecified atom stereocenters. The third kappa shape index (κ3) is 2.86. The fraction of sp³-hybridized carbons (Fsp3) is 0.200. The van der Waals surface area contributed by atoms with Crippen LogP contribution in [0.1, 0.15) is 17.2 Å². The zero-order valence-corrected chi connectivity index (χ0v) is 13.1. The molecule has 3 nitrogen and oxygen atoms in total. The van der Waals surface area contributed by atoms with Crippen LogP contribution in [-0.4, -0.2) is 18.3 Å². The van der Waals surface area contributed by atoms with E-state index in [9.17, 15) is 9.50 Å². The molecule has 1 heterocycles. The topological polar surface area (TPSA) is 38.7 Å². The lowest BCUT2D eigenvalue weighted by molar-refractivity contribution is 0.169. The maximum Gasteiger partial charge on any atom is 0.162 e. The predicted octanol–water partition coefficient (Wildman–Crippen LogP) is 4.09. The zero-order chi connectivity index (χ0) is 15.0. The van der Waals surface area contributed by atoms with Gasteiger partial charge in [0.05, 0.1) is 5.02 Å². The summed E-state index contributed by atoms with van der Waals surface area (Å²) >= 11 is 9.50. The third-order valence-electron chi connectivity index (χ3n) is 3.21. The van der Waals surface area contributed by atoms with Gasteiger partial charge in [-0.15, -0.1) is 0 Å². The second-order valence-corrected chi connectivity index (χ2v) is 5.85. The van der Waals surface area contributed by atoms with Gasteiger partial charge in [-0.3, -0.25) is 0 Å². The summed E-state index contributed by atoms with van der Waals surface area (Å²) in [7, 11) is 0. The van der Waals surface area contributed by atoms with Crippen molar-refractivity contribution in [2.75, 3.05) is 13.2 Å². The molecule has 1 aliphatic heterocycles. The highest BCUT2D eigenvalue weighted by molar-refractivity contribution is 9.10. The maximum absolute atomic E-state index is 13.4. The lowest BCUT2D eigenvalue weighted by Crippen LogP contribution is -2.16. The van der Waals surface area contributed by atoms with Gasteiger partial charge in [-0.05, 0) is 24.3 Å². The van der Waals surface area contributed by atoms with Gasteiger partial charge in [-0.2, -0.15) is 0 Å². The number of fused-ring (bicyclic) bond motifs is 1. The fourth-order valence-corrected chi connectivity index (χ4v) is 2.90. The van der Waals surface area contributed by atoms with Crippen LogP contribution in [0.3, 0.4) is 0 Å². The molecule has 3 rings (SSSR count). The van der Waals surface area contributed by atoms with Crippen molar-refractivity contribution in [3.63, 3.8) is 0 Å². The third-order valence-corrected chi connectivity index (χ3v) is 4.26. The number of benzene rings is 2. The second-order valence-electron chi connectivity index (χ2n) is 4.59. The van der Waals surface area contributed by atoms with Crippen LogP contribution in [-0.2, 0) is 0 Å². The number of ether oxygens (including phenoxy) is 2. The SMILES string of the molecule is OC(c1cc2c(cc1Cl)OCCO2)c1cc(F)ccc1Br. The molecule has 0 bridgehead atoms. The molecular weight excluding hydrogens is 363 g/mol. The van der Waals surface area contributed by atoms with Crippen molar-refractivity contribution in [2.45, 2.75) is 6.10 Å². The molecule has 0 aliphatic carbocycles. The van der Waals surface area contributed by atoms with Gasteiger partial charge in [0.1, 0.15) is 25.1 Å². The van der Waals surface area contributed by atoms with Crippen LogP contribution in [0.2, 0.25) is 5.02 Å². The van der Waals surface area contributed by atoms with Crippen LogP contribution in [0.25, 0.3) is 0 Å². The van der Waals surface area contributed by atoms with Gasteiger partial charge in [-0.25, -0.2) is 4.39 Å². The first-order valence-electron chi connectivity index (χ1n) is 6.28. The number of aliphatic hydroxyl groups excluding tert-OH is 1. The summed E-state index contributed by atoms with van der Waals surface area (Å²) in [6.07, 6.45) is -1.07. The zero-order valence-electron chi connectivity index (χ0n) is 10.8. The van der Waals surface area contributed by atoms with Gasteiger partial charge >= 0.3 is 0 Å². The molecule has 1 N–H and O–H groups in total. The predicted molar refractivity (Wildman–Crippen MR) is 80.6 cm³/mol. The molecule has 110 valence electrons. The Morgan fingerprint density at radius 3 is 2.48 bits per heavy atom. The van der Waals surface area contributed by atoms with Gasteiger partial charge in [-0.1, -0.05) is 27.5 Å². The minimum Gasteiger partial charge on any atom is -0.486 e. The minimum absolute atomic E-state index is 0.336. The van der Waals surface area contributed by atoms with Crippen molar-refractivity contribution in [1.82, 2.24) is 0 Å². The summed E-state index contributed by atoms with van der Waals surface area (Å²) in [5, 5.41) is 10.8. The molecule has 0 aromatic heterocycles. The Bertz CT molecular complexity index is 693. The van der Waals surface area contributed by atoms with Crippen LogP contribution in [0.5, 0.6) is 11.5 Å². The summed E-state index contributed by atoms with van der Waals surface area (Å²) in [5.41, 5.74) is 0.834. The number of hydrogen-bond donors (Lipinski definition) is 1.